The predicted octanol–water partition coefficient (Wildman–Crippen LogP) is 2.63. The maximum absolute atomic E-state index is 12.1. The summed E-state index contributed by atoms with van der Waals surface area (Å²) < 4.78 is 0. The first kappa shape index (κ1) is 14.5. The Morgan fingerprint density at radius 2 is 2.17 bits per heavy atom. The van der Waals surface area contributed by atoms with Gasteiger partial charge in [-0.05, 0) is 31.4 Å². The van der Waals surface area contributed by atoms with Gasteiger partial charge >= 0.3 is 0 Å². The van der Waals surface area contributed by atoms with Crippen molar-refractivity contribution >= 4 is 11.7 Å². The fraction of sp³-hybridized carbons (Fsp3) is 0.571. The van der Waals surface area contributed by atoms with E-state index in [9.17, 15) is 4.79 Å². The number of hydrogen-bond acceptors (Lipinski definition) is 3. The molecular weight excluding hydrogens is 226 g/mol. The zero-order valence-corrected chi connectivity index (χ0v) is 11.7. The van der Waals surface area contributed by atoms with Crippen LogP contribution in [-0.4, -0.2) is 35.9 Å². The van der Waals surface area contributed by atoms with Crippen LogP contribution in [0.5, 0.6) is 0 Å². The maximum atomic E-state index is 12.1. The van der Waals surface area contributed by atoms with Gasteiger partial charge in [-0.1, -0.05) is 13.8 Å². The van der Waals surface area contributed by atoms with E-state index in [1.807, 2.05) is 26.1 Å². The molecule has 0 aromatic carbocycles. The van der Waals surface area contributed by atoms with E-state index in [2.05, 4.69) is 24.1 Å². The molecule has 1 N–H and O–H groups in total. The molecule has 4 nitrogen and oxygen atoms in total. The molecular formula is C14H23N3O. The fourth-order valence-corrected chi connectivity index (χ4v) is 1.58. The number of pyridine rings is 1. The predicted molar refractivity (Wildman–Crippen MR) is 74.8 cm³/mol. The van der Waals surface area contributed by atoms with Gasteiger partial charge in [0.2, 0.25) is 0 Å². The average molecular weight is 249 g/mol. The number of carbonyl (C=O) groups excluding carboxylic acids is 1. The molecule has 0 fully saturated rings. The van der Waals surface area contributed by atoms with Gasteiger partial charge in [-0.25, -0.2) is 4.98 Å². The van der Waals surface area contributed by atoms with Crippen LogP contribution < -0.4 is 5.32 Å². The van der Waals surface area contributed by atoms with Crippen LogP contribution in [0.15, 0.2) is 18.3 Å². The lowest BCUT2D eigenvalue weighted by molar-refractivity contribution is 0.0789. The number of hydrogen-bond donors (Lipinski definition) is 1. The lowest BCUT2D eigenvalue weighted by Crippen LogP contribution is -2.28. The second-order valence-corrected chi connectivity index (χ2v) is 4.87. The molecule has 0 aliphatic carbocycles. The monoisotopic (exact) mass is 249 g/mol. The van der Waals surface area contributed by atoms with E-state index in [1.165, 1.54) is 0 Å². The van der Waals surface area contributed by atoms with Crippen LogP contribution in [0.3, 0.4) is 0 Å². The SMILES string of the molecule is CCNc1ccc(C(=O)N(C)CCC(C)C)cn1. The van der Waals surface area contributed by atoms with E-state index in [1.54, 1.807) is 11.1 Å². The Labute approximate surface area is 109 Å². The number of rotatable bonds is 6. The van der Waals surface area contributed by atoms with Crippen LogP contribution >= 0.6 is 0 Å². The molecule has 0 spiro atoms. The molecule has 0 aliphatic rings. The third kappa shape index (κ3) is 4.35. The highest BCUT2D eigenvalue weighted by molar-refractivity contribution is 5.93. The van der Waals surface area contributed by atoms with E-state index in [0.717, 1.165) is 25.3 Å². The summed E-state index contributed by atoms with van der Waals surface area (Å²) in [5.41, 5.74) is 0.642. The number of aromatic nitrogens is 1. The Morgan fingerprint density at radius 3 is 2.67 bits per heavy atom. The molecule has 1 aromatic heterocycles. The largest absolute Gasteiger partial charge is 0.370 e. The molecule has 0 unspecified atom stereocenters. The zero-order chi connectivity index (χ0) is 13.5. The molecule has 4 heteroatoms. The van der Waals surface area contributed by atoms with Crippen molar-refractivity contribution in [3.8, 4) is 0 Å². The van der Waals surface area contributed by atoms with Gasteiger partial charge in [0.05, 0.1) is 5.56 Å². The highest BCUT2D eigenvalue weighted by atomic mass is 16.2. The van der Waals surface area contributed by atoms with Crippen LogP contribution in [-0.2, 0) is 0 Å². The van der Waals surface area contributed by atoms with Crippen LogP contribution in [0.4, 0.5) is 5.82 Å². The molecule has 0 atom stereocenters. The fourth-order valence-electron chi connectivity index (χ4n) is 1.58. The standard InChI is InChI=1S/C14H23N3O/c1-5-15-13-7-6-12(10-16-13)14(18)17(4)9-8-11(2)3/h6-7,10-11H,5,8-9H2,1-4H3,(H,15,16). The van der Waals surface area contributed by atoms with Crippen molar-refractivity contribution in [2.45, 2.75) is 27.2 Å². The first-order valence-corrected chi connectivity index (χ1v) is 6.50. The van der Waals surface area contributed by atoms with Crippen molar-refractivity contribution in [2.75, 3.05) is 25.5 Å². The van der Waals surface area contributed by atoms with Gasteiger partial charge in [0.1, 0.15) is 5.82 Å². The van der Waals surface area contributed by atoms with E-state index in [0.29, 0.717) is 11.5 Å². The summed E-state index contributed by atoms with van der Waals surface area (Å²) in [5, 5.41) is 3.11. The third-order valence-electron chi connectivity index (χ3n) is 2.76. The van der Waals surface area contributed by atoms with Crippen LogP contribution in [0, 0.1) is 5.92 Å². The molecule has 0 aliphatic heterocycles. The molecule has 1 rings (SSSR count). The van der Waals surface area contributed by atoms with Crippen LogP contribution in [0.25, 0.3) is 0 Å². The van der Waals surface area contributed by atoms with E-state index in [-0.39, 0.29) is 5.91 Å². The Hall–Kier alpha value is -1.58. The first-order valence-electron chi connectivity index (χ1n) is 6.50. The van der Waals surface area contributed by atoms with Crippen molar-refractivity contribution in [2.24, 2.45) is 5.92 Å². The Balaban J connectivity index is 2.60. The summed E-state index contributed by atoms with van der Waals surface area (Å²) in [6.07, 6.45) is 2.65. The van der Waals surface area contributed by atoms with Crippen molar-refractivity contribution in [3.05, 3.63) is 23.9 Å². The molecule has 100 valence electrons. The lowest BCUT2D eigenvalue weighted by atomic mass is 10.1. The van der Waals surface area contributed by atoms with Gasteiger partial charge in [0, 0.05) is 26.3 Å². The zero-order valence-electron chi connectivity index (χ0n) is 11.7. The first-order chi connectivity index (χ1) is 8.54. The lowest BCUT2D eigenvalue weighted by Gasteiger charge is -2.18. The Kier molecular flexibility index (Phi) is 5.62. The maximum Gasteiger partial charge on any atom is 0.255 e. The average Bonchev–Trinajstić information content (AvgIpc) is 2.36. The molecule has 1 amide bonds. The normalized spacial score (nSPS) is 10.5. The van der Waals surface area contributed by atoms with Crippen molar-refractivity contribution < 1.29 is 4.79 Å². The van der Waals surface area contributed by atoms with Gasteiger partial charge < -0.3 is 10.2 Å². The van der Waals surface area contributed by atoms with Crippen molar-refractivity contribution in [1.82, 2.24) is 9.88 Å². The highest BCUT2D eigenvalue weighted by Gasteiger charge is 2.12. The molecule has 1 aromatic rings. The van der Waals surface area contributed by atoms with Crippen molar-refractivity contribution in [1.29, 1.82) is 0 Å². The minimum atomic E-state index is 0.0335. The number of nitrogens with one attached hydrogen (secondary N) is 1. The number of amides is 1. The molecule has 1 heterocycles. The molecule has 0 saturated heterocycles. The molecule has 18 heavy (non-hydrogen) atoms. The minimum absolute atomic E-state index is 0.0335. The van der Waals surface area contributed by atoms with Gasteiger partial charge in [0.15, 0.2) is 0 Å². The second-order valence-electron chi connectivity index (χ2n) is 4.87. The summed E-state index contributed by atoms with van der Waals surface area (Å²) in [7, 11) is 1.84. The van der Waals surface area contributed by atoms with Crippen molar-refractivity contribution in [3.63, 3.8) is 0 Å². The van der Waals surface area contributed by atoms with Gasteiger partial charge in [-0.3, -0.25) is 4.79 Å². The number of carbonyl (C=O) groups is 1. The summed E-state index contributed by atoms with van der Waals surface area (Å²) in [6.45, 7) is 7.94. The van der Waals surface area contributed by atoms with Gasteiger partial charge in [-0.15, -0.1) is 0 Å². The second kappa shape index (κ2) is 6.99. The quantitative estimate of drug-likeness (QED) is 0.843. The topological polar surface area (TPSA) is 45.2 Å². The van der Waals surface area contributed by atoms with Gasteiger partial charge in [-0.2, -0.15) is 0 Å². The van der Waals surface area contributed by atoms with Gasteiger partial charge in [0.25, 0.3) is 5.91 Å². The summed E-state index contributed by atoms with van der Waals surface area (Å²) >= 11 is 0. The van der Waals surface area contributed by atoms with E-state index in [4.69, 9.17) is 0 Å². The summed E-state index contributed by atoms with van der Waals surface area (Å²) in [6, 6.07) is 3.66. The van der Waals surface area contributed by atoms with E-state index >= 15 is 0 Å². The molecule has 0 radical (unpaired) electrons. The number of anilines is 1. The summed E-state index contributed by atoms with van der Waals surface area (Å²) in [5.74, 6) is 1.44. The van der Waals surface area contributed by atoms with Crippen LogP contribution in [0.1, 0.15) is 37.6 Å². The Bertz CT molecular complexity index is 373. The third-order valence-corrected chi connectivity index (χ3v) is 2.76. The number of nitrogens with zero attached hydrogens (tertiary/aromatic N) is 2. The Morgan fingerprint density at radius 1 is 1.44 bits per heavy atom. The van der Waals surface area contributed by atoms with Crippen LogP contribution in [0.2, 0.25) is 0 Å². The smallest absolute Gasteiger partial charge is 0.255 e. The van der Waals surface area contributed by atoms with E-state index < -0.39 is 0 Å². The molecule has 0 bridgehead atoms. The molecule has 0 saturated carbocycles. The summed E-state index contributed by atoms with van der Waals surface area (Å²) in [4.78, 5) is 18.1. The highest BCUT2D eigenvalue weighted by Crippen LogP contribution is 2.08. The minimum Gasteiger partial charge on any atom is -0.370 e.